The Hall–Kier alpha value is -2.34. The van der Waals surface area contributed by atoms with Crippen molar-refractivity contribution >= 4 is 28.9 Å². The Kier molecular flexibility index (Phi) is 4.37. The summed E-state index contributed by atoms with van der Waals surface area (Å²) in [6, 6.07) is 6.17. The number of hydrogen-bond acceptors (Lipinski definition) is 4. The molecular weight excluding hydrogens is 280 g/mol. The molecule has 0 aliphatic heterocycles. The molecule has 20 heavy (non-hydrogen) atoms. The van der Waals surface area contributed by atoms with Crippen molar-refractivity contribution in [2.45, 2.75) is 13.0 Å². The number of nitrogens with one attached hydrogen (secondary N) is 1. The third-order valence-corrected chi connectivity index (χ3v) is 2.89. The highest BCUT2D eigenvalue weighted by Gasteiger charge is 2.06. The molecule has 0 bridgehead atoms. The summed E-state index contributed by atoms with van der Waals surface area (Å²) in [6.07, 6.45) is 2.95. The summed E-state index contributed by atoms with van der Waals surface area (Å²) in [4.78, 5) is 27.1. The number of halogens is 1. The Morgan fingerprint density at radius 2 is 2.20 bits per heavy atom. The van der Waals surface area contributed by atoms with E-state index < -0.39 is 0 Å². The molecule has 0 radical (unpaired) electrons. The van der Waals surface area contributed by atoms with Crippen LogP contribution in [0.25, 0.3) is 0 Å². The third-order valence-electron chi connectivity index (χ3n) is 2.66. The summed E-state index contributed by atoms with van der Waals surface area (Å²) in [5, 5.41) is 3.17. The topological polar surface area (TPSA) is 90.0 Å². The lowest BCUT2D eigenvalue weighted by molar-refractivity contribution is -0.116. The van der Waals surface area contributed by atoms with Gasteiger partial charge in [-0.15, -0.1) is 0 Å². The maximum atomic E-state index is 11.8. The number of carbonyl (C=O) groups is 1. The molecule has 0 spiro atoms. The van der Waals surface area contributed by atoms with E-state index in [0.717, 1.165) is 0 Å². The van der Waals surface area contributed by atoms with Gasteiger partial charge in [-0.3, -0.25) is 14.2 Å². The van der Waals surface area contributed by atoms with E-state index in [1.54, 1.807) is 18.2 Å². The fourth-order valence-electron chi connectivity index (χ4n) is 1.63. The zero-order valence-electron chi connectivity index (χ0n) is 10.5. The van der Waals surface area contributed by atoms with Gasteiger partial charge >= 0.3 is 0 Å². The number of anilines is 2. The predicted molar refractivity (Wildman–Crippen MR) is 77.6 cm³/mol. The zero-order chi connectivity index (χ0) is 14.5. The Bertz CT molecular complexity index is 684. The van der Waals surface area contributed by atoms with Crippen molar-refractivity contribution in [3.63, 3.8) is 0 Å². The van der Waals surface area contributed by atoms with E-state index >= 15 is 0 Å². The van der Waals surface area contributed by atoms with E-state index in [1.807, 2.05) is 0 Å². The summed E-state index contributed by atoms with van der Waals surface area (Å²) in [5.74, 6) is -0.241. The van der Waals surface area contributed by atoms with Crippen LogP contribution in [0.4, 0.5) is 11.4 Å². The summed E-state index contributed by atoms with van der Waals surface area (Å²) in [5.41, 5.74) is 6.43. The van der Waals surface area contributed by atoms with Crippen molar-refractivity contribution in [2.75, 3.05) is 11.1 Å². The number of amides is 1. The van der Waals surface area contributed by atoms with E-state index in [-0.39, 0.29) is 24.4 Å². The number of aromatic nitrogens is 2. The van der Waals surface area contributed by atoms with E-state index in [1.165, 1.54) is 23.2 Å². The van der Waals surface area contributed by atoms with Gasteiger partial charge in [0.2, 0.25) is 5.91 Å². The summed E-state index contributed by atoms with van der Waals surface area (Å²) in [7, 11) is 0. The molecule has 104 valence electrons. The first-order valence-corrected chi connectivity index (χ1v) is 6.29. The maximum absolute atomic E-state index is 11.8. The molecule has 1 aromatic heterocycles. The highest BCUT2D eigenvalue weighted by atomic mass is 35.5. The second-order valence-corrected chi connectivity index (χ2v) is 4.58. The van der Waals surface area contributed by atoms with Crippen LogP contribution in [0.3, 0.4) is 0 Å². The van der Waals surface area contributed by atoms with Crippen molar-refractivity contribution in [3.8, 4) is 0 Å². The first-order valence-electron chi connectivity index (χ1n) is 5.91. The van der Waals surface area contributed by atoms with Gasteiger partial charge < -0.3 is 11.1 Å². The van der Waals surface area contributed by atoms with E-state index in [4.69, 9.17) is 17.3 Å². The first kappa shape index (κ1) is 14.1. The minimum atomic E-state index is -0.241. The minimum Gasteiger partial charge on any atom is -0.397 e. The molecule has 7 heteroatoms. The molecule has 0 aliphatic carbocycles. The zero-order valence-corrected chi connectivity index (χ0v) is 11.3. The van der Waals surface area contributed by atoms with Crippen molar-refractivity contribution in [3.05, 3.63) is 52.2 Å². The smallest absolute Gasteiger partial charge is 0.253 e. The molecular formula is C13H13ClN4O2. The van der Waals surface area contributed by atoms with Crippen LogP contribution in [-0.2, 0) is 11.3 Å². The first-order chi connectivity index (χ1) is 9.56. The lowest BCUT2D eigenvalue weighted by Gasteiger charge is -2.09. The average Bonchev–Trinajstić information content (AvgIpc) is 2.41. The number of rotatable bonds is 4. The Morgan fingerprint density at radius 3 is 2.90 bits per heavy atom. The highest BCUT2D eigenvalue weighted by molar-refractivity contribution is 6.31. The Labute approximate surface area is 120 Å². The fourth-order valence-corrected chi connectivity index (χ4v) is 1.81. The van der Waals surface area contributed by atoms with Gasteiger partial charge in [-0.1, -0.05) is 11.6 Å². The Morgan fingerprint density at radius 1 is 1.40 bits per heavy atom. The van der Waals surface area contributed by atoms with Gasteiger partial charge in [0.05, 0.1) is 17.7 Å². The van der Waals surface area contributed by atoms with Crippen molar-refractivity contribution in [2.24, 2.45) is 0 Å². The predicted octanol–water partition coefficient (Wildman–Crippen LogP) is 1.51. The van der Waals surface area contributed by atoms with Gasteiger partial charge in [-0.2, -0.15) is 0 Å². The number of carbonyl (C=O) groups excluding carboxylic acids is 1. The van der Waals surface area contributed by atoms with Gasteiger partial charge in [-0.25, -0.2) is 4.98 Å². The van der Waals surface area contributed by atoms with Gasteiger partial charge in [0, 0.05) is 30.3 Å². The lowest BCUT2D eigenvalue weighted by atomic mass is 10.2. The van der Waals surface area contributed by atoms with Crippen LogP contribution in [0.2, 0.25) is 5.02 Å². The van der Waals surface area contributed by atoms with Crippen molar-refractivity contribution in [1.82, 2.24) is 9.55 Å². The minimum absolute atomic E-state index is 0.146. The summed E-state index contributed by atoms with van der Waals surface area (Å²) in [6.45, 7) is 0.256. The Balaban J connectivity index is 1.96. The monoisotopic (exact) mass is 292 g/mol. The molecule has 0 saturated carbocycles. The van der Waals surface area contributed by atoms with Crippen LogP contribution < -0.4 is 16.6 Å². The standard InChI is InChI=1S/C13H13ClN4O2/c14-9-1-2-11(10(15)7-9)17-12(19)4-6-18-8-16-5-3-13(18)20/h1-3,5,7-8H,4,6,15H2,(H,17,19). The molecule has 0 unspecified atom stereocenters. The van der Waals surface area contributed by atoms with Gasteiger partial charge in [0.1, 0.15) is 0 Å². The molecule has 0 atom stereocenters. The third kappa shape index (κ3) is 3.58. The SMILES string of the molecule is Nc1cc(Cl)ccc1NC(=O)CCn1cnccc1=O. The molecule has 2 aromatic rings. The lowest BCUT2D eigenvalue weighted by Crippen LogP contribution is -2.22. The summed E-state index contributed by atoms with van der Waals surface area (Å²) >= 11 is 5.77. The number of aryl methyl sites for hydroxylation is 1. The van der Waals surface area contributed by atoms with E-state index in [9.17, 15) is 9.59 Å². The summed E-state index contributed by atoms with van der Waals surface area (Å²) < 4.78 is 1.37. The van der Waals surface area contributed by atoms with Crippen LogP contribution in [-0.4, -0.2) is 15.5 Å². The molecule has 2 rings (SSSR count). The number of nitrogens with two attached hydrogens (primary N) is 1. The van der Waals surface area contributed by atoms with Crippen molar-refractivity contribution in [1.29, 1.82) is 0 Å². The van der Waals surface area contributed by atoms with Gasteiger partial charge in [0.15, 0.2) is 0 Å². The molecule has 1 heterocycles. The fraction of sp³-hybridized carbons (Fsp3) is 0.154. The van der Waals surface area contributed by atoms with Gasteiger partial charge in [0.25, 0.3) is 5.56 Å². The second kappa shape index (κ2) is 6.21. The van der Waals surface area contributed by atoms with Crippen LogP contribution >= 0.6 is 11.6 Å². The molecule has 6 nitrogen and oxygen atoms in total. The molecule has 3 N–H and O–H groups in total. The normalized spacial score (nSPS) is 10.2. The molecule has 0 aliphatic rings. The maximum Gasteiger partial charge on any atom is 0.253 e. The molecule has 0 fully saturated rings. The van der Waals surface area contributed by atoms with Crippen LogP contribution in [0.5, 0.6) is 0 Å². The molecule has 1 aromatic carbocycles. The molecule has 0 saturated heterocycles. The van der Waals surface area contributed by atoms with Crippen LogP contribution in [0.15, 0.2) is 41.6 Å². The van der Waals surface area contributed by atoms with E-state index in [0.29, 0.717) is 16.4 Å². The van der Waals surface area contributed by atoms with Crippen LogP contribution in [0, 0.1) is 0 Å². The largest absolute Gasteiger partial charge is 0.397 e. The number of benzene rings is 1. The second-order valence-electron chi connectivity index (χ2n) is 4.14. The molecule has 1 amide bonds. The van der Waals surface area contributed by atoms with Crippen LogP contribution in [0.1, 0.15) is 6.42 Å². The number of nitrogens with zero attached hydrogens (tertiary/aromatic N) is 2. The number of hydrogen-bond donors (Lipinski definition) is 2. The number of nitrogen functional groups attached to an aromatic ring is 1. The average molecular weight is 293 g/mol. The highest BCUT2D eigenvalue weighted by Crippen LogP contribution is 2.22. The quantitative estimate of drug-likeness (QED) is 0.836. The van der Waals surface area contributed by atoms with Crippen molar-refractivity contribution < 1.29 is 4.79 Å². The van der Waals surface area contributed by atoms with E-state index in [2.05, 4.69) is 10.3 Å². The van der Waals surface area contributed by atoms with Gasteiger partial charge in [-0.05, 0) is 18.2 Å².